The smallest absolute Gasteiger partial charge is 0.264 e. The van der Waals surface area contributed by atoms with Gasteiger partial charge in [0.2, 0.25) is 5.91 Å². The van der Waals surface area contributed by atoms with Crippen molar-refractivity contribution in [3.8, 4) is 0 Å². The summed E-state index contributed by atoms with van der Waals surface area (Å²) in [5.74, 6) is -1.59. The van der Waals surface area contributed by atoms with Crippen molar-refractivity contribution in [2.75, 3.05) is 7.05 Å². The van der Waals surface area contributed by atoms with Crippen molar-refractivity contribution < 1.29 is 14.0 Å². The molecule has 0 aliphatic rings. The van der Waals surface area contributed by atoms with E-state index >= 15 is 0 Å². The third kappa shape index (κ3) is 3.56. The molecular weight excluding hydrogens is 439 g/mol. The van der Waals surface area contributed by atoms with Crippen LogP contribution in [0.25, 0.3) is 0 Å². The number of amides is 2. The van der Waals surface area contributed by atoms with E-state index in [0.29, 0.717) is 10.4 Å². The van der Waals surface area contributed by atoms with Gasteiger partial charge in [0, 0.05) is 11.5 Å². The summed E-state index contributed by atoms with van der Waals surface area (Å²) >= 11 is 7.85. The quantitative estimate of drug-likeness (QED) is 0.773. The molecule has 2 N–H and O–H groups in total. The number of thiophene rings is 1. The molecular formula is C14H11Br2FN2O2S. The van der Waals surface area contributed by atoms with Gasteiger partial charge < -0.3 is 10.6 Å². The van der Waals surface area contributed by atoms with Crippen LogP contribution in [0.4, 0.5) is 4.39 Å². The van der Waals surface area contributed by atoms with Crippen molar-refractivity contribution in [2.45, 2.75) is 6.04 Å². The third-order valence-electron chi connectivity index (χ3n) is 3.00. The Hall–Kier alpha value is -1.25. The number of nitrogens with zero attached hydrogens (tertiary/aromatic N) is 1. The number of primary amides is 1. The number of halogens is 3. The van der Waals surface area contributed by atoms with E-state index in [4.69, 9.17) is 5.73 Å². The normalized spacial score (nSPS) is 12.0. The lowest BCUT2D eigenvalue weighted by molar-refractivity contribution is -0.122. The molecule has 116 valence electrons. The van der Waals surface area contributed by atoms with Gasteiger partial charge in [-0.05, 0) is 55.6 Å². The Morgan fingerprint density at radius 1 is 1.32 bits per heavy atom. The number of likely N-dealkylation sites (N-methyl/N-ethyl adjacent to an activating group) is 1. The minimum Gasteiger partial charge on any atom is -0.368 e. The fraction of sp³-hybridized carbons (Fsp3) is 0.143. The number of nitrogens with two attached hydrogens (primary N) is 1. The molecule has 0 spiro atoms. The van der Waals surface area contributed by atoms with E-state index in [1.165, 1.54) is 41.5 Å². The van der Waals surface area contributed by atoms with E-state index in [-0.39, 0.29) is 5.91 Å². The predicted octanol–water partition coefficient (Wildman–Crippen LogP) is 3.71. The van der Waals surface area contributed by atoms with Gasteiger partial charge in [0.1, 0.15) is 11.9 Å². The molecule has 8 heteroatoms. The highest BCUT2D eigenvalue weighted by Crippen LogP contribution is 2.34. The van der Waals surface area contributed by atoms with Crippen molar-refractivity contribution in [3.63, 3.8) is 0 Å². The van der Waals surface area contributed by atoms with E-state index in [0.717, 1.165) is 8.26 Å². The predicted molar refractivity (Wildman–Crippen MR) is 90.1 cm³/mol. The molecule has 1 atom stereocenters. The van der Waals surface area contributed by atoms with E-state index in [9.17, 15) is 14.0 Å². The van der Waals surface area contributed by atoms with Gasteiger partial charge in [-0.1, -0.05) is 12.1 Å². The van der Waals surface area contributed by atoms with E-state index in [1.54, 1.807) is 12.1 Å². The molecule has 4 nitrogen and oxygen atoms in total. The zero-order valence-electron chi connectivity index (χ0n) is 11.3. The highest BCUT2D eigenvalue weighted by Gasteiger charge is 2.28. The van der Waals surface area contributed by atoms with Gasteiger partial charge in [0.05, 0.1) is 8.66 Å². The number of hydrogen-bond acceptors (Lipinski definition) is 3. The van der Waals surface area contributed by atoms with Gasteiger partial charge in [-0.3, -0.25) is 9.59 Å². The van der Waals surface area contributed by atoms with Crippen molar-refractivity contribution in [1.82, 2.24) is 4.90 Å². The Morgan fingerprint density at radius 2 is 2.00 bits per heavy atom. The monoisotopic (exact) mass is 448 g/mol. The number of carbonyl (C=O) groups excluding carboxylic acids is 2. The summed E-state index contributed by atoms with van der Waals surface area (Å²) in [7, 11) is 1.46. The third-order valence-corrected chi connectivity index (χ3v) is 6.24. The maximum absolute atomic E-state index is 13.4. The van der Waals surface area contributed by atoms with Crippen molar-refractivity contribution >= 4 is 55.0 Å². The first-order valence-electron chi connectivity index (χ1n) is 6.08. The summed E-state index contributed by atoms with van der Waals surface area (Å²) in [5.41, 5.74) is 5.73. The number of rotatable bonds is 4. The Bertz CT molecular complexity index is 716. The molecule has 0 aliphatic heterocycles. The van der Waals surface area contributed by atoms with Gasteiger partial charge in [0.25, 0.3) is 5.91 Å². The van der Waals surface area contributed by atoms with Crippen LogP contribution in [-0.2, 0) is 4.79 Å². The zero-order chi connectivity index (χ0) is 16.4. The summed E-state index contributed by atoms with van der Waals surface area (Å²) in [6.07, 6.45) is 0. The van der Waals surface area contributed by atoms with Gasteiger partial charge in [-0.15, -0.1) is 11.3 Å². The van der Waals surface area contributed by atoms with Crippen molar-refractivity contribution in [2.24, 2.45) is 5.73 Å². The second kappa shape index (κ2) is 6.89. The maximum atomic E-state index is 13.4. The standard InChI is InChI=1S/C14H11Br2FN2O2S/c1-19(14(21)10-6-9(15)12(16)22-10)11(13(18)20)7-3-2-4-8(17)5-7/h2-6,11H,1H3,(H2,18,20). The fourth-order valence-electron chi connectivity index (χ4n) is 2.00. The molecule has 1 heterocycles. The van der Waals surface area contributed by atoms with Gasteiger partial charge in [-0.25, -0.2) is 4.39 Å². The molecule has 0 aliphatic carbocycles. The van der Waals surface area contributed by atoms with Crippen molar-refractivity contribution in [3.05, 3.63) is 54.8 Å². The Kier molecular flexibility index (Phi) is 5.36. The fourth-order valence-corrected chi connectivity index (χ4v) is 4.02. The second-order valence-electron chi connectivity index (χ2n) is 4.51. The van der Waals surface area contributed by atoms with E-state index in [2.05, 4.69) is 31.9 Å². The molecule has 0 radical (unpaired) electrons. The first-order chi connectivity index (χ1) is 10.3. The molecule has 0 saturated carbocycles. The number of hydrogen-bond donors (Lipinski definition) is 1. The molecule has 1 aromatic carbocycles. The molecule has 0 fully saturated rings. The van der Waals surface area contributed by atoms with Crippen LogP contribution >= 0.6 is 43.2 Å². The first kappa shape index (κ1) is 17.1. The largest absolute Gasteiger partial charge is 0.368 e. The topological polar surface area (TPSA) is 63.4 Å². The average Bonchev–Trinajstić information content (AvgIpc) is 2.77. The molecule has 22 heavy (non-hydrogen) atoms. The van der Waals surface area contributed by atoms with Crippen LogP contribution in [0.3, 0.4) is 0 Å². The molecule has 0 saturated heterocycles. The summed E-state index contributed by atoms with van der Waals surface area (Å²) in [4.78, 5) is 25.9. The molecule has 1 aromatic heterocycles. The van der Waals surface area contributed by atoms with Crippen LogP contribution in [0.15, 0.2) is 38.6 Å². The molecule has 2 aromatic rings. The second-order valence-corrected chi connectivity index (χ2v) is 7.73. The van der Waals surface area contributed by atoms with Crippen LogP contribution < -0.4 is 5.73 Å². The van der Waals surface area contributed by atoms with Crippen LogP contribution in [0.2, 0.25) is 0 Å². The summed E-state index contributed by atoms with van der Waals surface area (Å²) < 4.78 is 14.9. The minimum absolute atomic E-state index is 0.332. The Balaban J connectivity index is 2.36. The number of benzene rings is 1. The molecule has 1 unspecified atom stereocenters. The van der Waals surface area contributed by atoms with Gasteiger partial charge in [0.15, 0.2) is 0 Å². The molecule has 0 bridgehead atoms. The molecule has 2 amide bonds. The molecule has 2 rings (SSSR count). The Morgan fingerprint density at radius 3 is 2.50 bits per heavy atom. The number of carbonyl (C=O) groups is 2. The Labute approximate surface area is 147 Å². The van der Waals surface area contributed by atoms with Crippen LogP contribution in [-0.4, -0.2) is 23.8 Å². The lowest BCUT2D eigenvalue weighted by atomic mass is 10.0. The minimum atomic E-state index is -1.04. The lowest BCUT2D eigenvalue weighted by Gasteiger charge is -2.25. The van der Waals surface area contributed by atoms with Crippen LogP contribution in [0.5, 0.6) is 0 Å². The SMILES string of the molecule is CN(C(=O)c1cc(Br)c(Br)s1)C(C(N)=O)c1cccc(F)c1. The van der Waals surface area contributed by atoms with Gasteiger partial charge in [-0.2, -0.15) is 0 Å². The highest BCUT2D eigenvalue weighted by molar-refractivity contribution is 9.13. The van der Waals surface area contributed by atoms with Gasteiger partial charge >= 0.3 is 0 Å². The first-order valence-corrected chi connectivity index (χ1v) is 8.48. The highest BCUT2D eigenvalue weighted by atomic mass is 79.9. The van der Waals surface area contributed by atoms with Crippen molar-refractivity contribution in [1.29, 1.82) is 0 Å². The average molecular weight is 450 g/mol. The summed E-state index contributed by atoms with van der Waals surface area (Å²) in [5, 5.41) is 0. The van der Waals surface area contributed by atoms with E-state index in [1.807, 2.05) is 0 Å². The maximum Gasteiger partial charge on any atom is 0.264 e. The van der Waals surface area contributed by atoms with E-state index < -0.39 is 17.8 Å². The zero-order valence-corrected chi connectivity index (χ0v) is 15.3. The summed E-state index contributed by atoms with van der Waals surface area (Å²) in [6, 6.07) is 6.09. The lowest BCUT2D eigenvalue weighted by Crippen LogP contribution is -2.38. The van der Waals surface area contributed by atoms with Crippen LogP contribution in [0, 0.1) is 5.82 Å². The van der Waals surface area contributed by atoms with Crippen LogP contribution in [0.1, 0.15) is 21.3 Å². The summed E-state index contributed by atoms with van der Waals surface area (Å²) in [6.45, 7) is 0.